The Balaban J connectivity index is 2.15. The van der Waals surface area contributed by atoms with Gasteiger partial charge in [-0.05, 0) is 24.1 Å². The molecule has 0 aliphatic rings. The Morgan fingerprint density at radius 3 is 2.41 bits per heavy atom. The molecule has 0 unspecified atom stereocenters. The van der Waals surface area contributed by atoms with Crippen LogP contribution in [0.4, 0.5) is 0 Å². The summed E-state index contributed by atoms with van der Waals surface area (Å²) in [6, 6.07) is 7.40. The van der Waals surface area contributed by atoms with E-state index in [0.29, 0.717) is 13.1 Å². The maximum Gasteiger partial charge on any atom is 0.211 e. The van der Waals surface area contributed by atoms with E-state index in [-0.39, 0.29) is 0 Å². The number of methoxy groups -OCH3 is 1. The molecule has 1 heterocycles. The first-order chi connectivity index (χ1) is 10.4. The lowest BCUT2D eigenvalue weighted by Crippen LogP contribution is -2.29. The number of aryl methyl sites for hydroxylation is 1. The first kappa shape index (κ1) is 16.9. The van der Waals surface area contributed by atoms with Crippen LogP contribution in [0.25, 0.3) is 0 Å². The molecule has 22 heavy (non-hydrogen) atoms. The van der Waals surface area contributed by atoms with Crippen LogP contribution in [0.3, 0.4) is 0 Å². The summed E-state index contributed by atoms with van der Waals surface area (Å²) < 4.78 is 30.6. The van der Waals surface area contributed by atoms with Crippen molar-refractivity contribution in [3.05, 3.63) is 45.9 Å². The van der Waals surface area contributed by atoms with Gasteiger partial charge in [0.25, 0.3) is 0 Å². The van der Waals surface area contributed by atoms with Crippen LogP contribution in [0.2, 0.25) is 0 Å². The predicted octanol–water partition coefficient (Wildman–Crippen LogP) is 2.68. The zero-order valence-electron chi connectivity index (χ0n) is 12.9. The molecule has 0 fully saturated rings. The Hall–Kier alpha value is -1.44. The van der Waals surface area contributed by atoms with E-state index in [1.165, 1.54) is 10.6 Å². The molecular formula is C15H20N2O3S2. The highest BCUT2D eigenvalue weighted by Crippen LogP contribution is 2.18. The summed E-state index contributed by atoms with van der Waals surface area (Å²) in [4.78, 5) is 4.44. The van der Waals surface area contributed by atoms with Crippen LogP contribution in [-0.2, 0) is 29.5 Å². The molecule has 0 aliphatic carbocycles. The Morgan fingerprint density at radius 1 is 1.23 bits per heavy atom. The van der Waals surface area contributed by atoms with Crippen molar-refractivity contribution in [2.75, 3.05) is 13.4 Å². The second-order valence-corrected chi connectivity index (χ2v) is 7.89. The first-order valence-corrected chi connectivity index (χ1v) is 9.66. The molecular weight excluding hydrogens is 320 g/mol. The largest absolute Gasteiger partial charge is 0.497 e. The molecule has 1 aromatic heterocycles. The van der Waals surface area contributed by atoms with E-state index in [0.717, 1.165) is 28.4 Å². The molecule has 5 nitrogen and oxygen atoms in total. The Labute approximate surface area is 135 Å². The Morgan fingerprint density at radius 2 is 1.91 bits per heavy atom. The van der Waals surface area contributed by atoms with Crippen molar-refractivity contribution in [2.24, 2.45) is 0 Å². The standard InChI is InChI=1S/C15H20N2O3S2/c1-4-15-16-13(11-21-15)10-17(22(3,18)19)9-12-5-7-14(20-2)8-6-12/h5-8,11H,4,9-10H2,1-3H3. The third-order valence-electron chi connectivity index (χ3n) is 3.23. The normalized spacial score (nSPS) is 11.8. The molecule has 0 N–H and O–H groups in total. The molecule has 2 rings (SSSR count). The van der Waals surface area contributed by atoms with Gasteiger partial charge >= 0.3 is 0 Å². The fourth-order valence-corrected chi connectivity index (χ4v) is 3.48. The first-order valence-electron chi connectivity index (χ1n) is 6.93. The highest BCUT2D eigenvalue weighted by atomic mass is 32.2. The third-order valence-corrected chi connectivity index (χ3v) is 5.47. The highest BCUT2D eigenvalue weighted by Gasteiger charge is 2.19. The number of rotatable bonds is 7. The number of ether oxygens (including phenoxy) is 1. The van der Waals surface area contributed by atoms with Gasteiger partial charge in [0.2, 0.25) is 10.0 Å². The summed E-state index contributed by atoms with van der Waals surface area (Å²) in [5, 5.41) is 2.94. The van der Waals surface area contributed by atoms with Gasteiger partial charge in [-0.3, -0.25) is 0 Å². The molecule has 2 aromatic rings. The van der Waals surface area contributed by atoms with Crippen molar-refractivity contribution in [3.8, 4) is 5.75 Å². The summed E-state index contributed by atoms with van der Waals surface area (Å²) in [5.74, 6) is 0.752. The van der Waals surface area contributed by atoms with Crippen molar-refractivity contribution in [1.29, 1.82) is 0 Å². The van der Waals surface area contributed by atoms with E-state index in [2.05, 4.69) is 4.98 Å². The van der Waals surface area contributed by atoms with Crippen LogP contribution in [-0.4, -0.2) is 31.1 Å². The van der Waals surface area contributed by atoms with E-state index >= 15 is 0 Å². The van der Waals surface area contributed by atoms with E-state index in [4.69, 9.17) is 4.74 Å². The van der Waals surface area contributed by atoms with E-state index < -0.39 is 10.0 Å². The Bertz CT molecular complexity index is 709. The van der Waals surface area contributed by atoms with Gasteiger partial charge in [-0.15, -0.1) is 11.3 Å². The summed E-state index contributed by atoms with van der Waals surface area (Å²) in [6.45, 7) is 2.65. The highest BCUT2D eigenvalue weighted by molar-refractivity contribution is 7.88. The molecule has 0 saturated heterocycles. The number of nitrogens with zero attached hydrogens (tertiary/aromatic N) is 2. The van der Waals surface area contributed by atoms with Gasteiger partial charge in [0.05, 0.1) is 30.6 Å². The minimum absolute atomic E-state index is 0.293. The molecule has 1 aromatic carbocycles. The fourth-order valence-electron chi connectivity index (χ4n) is 1.99. The van der Waals surface area contributed by atoms with Crippen LogP contribution < -0.4 is 4.74 Å². The zero-order valence-corrected chi connectivity index (χ0v) is 14.6. The average Bonchev–Trinajstić information content (AvgIpc) is 2.94. The second kappa shape index (κ2) is 7.21. The molecule has 0 saturated carbocycles. The maximum absolute atomic E-state index is 12.0. The van der Waals surface area contributed by atoms with Crippen LogP contribution in [0.15, 0.2) is 29.6 Å². The van der Waals surface area contributed by atoms with Crippen molar-refractivity contribution >= 4 is 21.4 Å². The lowest BCUT2D eigenvalue weighted by atomic mass is 10.2. The van der Waals surface area contributed by atoms with Crippen molar-refractivity contribution < 1.29 is 13.2 Å². The van der Waals surface area contributed by atoms with E-state index in [9.17, 15) is 8.42 Å². The van der Waals surface area contributed by atoms with Crippen molar-refractivity contribution in [2.45, 2.75) is 26.4 Å². The minimum Gasteiger partial charge on any atom is -0.497 e. The van der Waals surface area contributed by atoms with Gasteiger partial charge in [0, 0.05) is 11.9 Å². The topological polar surface area (TPSA) is 59.5 Å². The number of hydrogen-bond donors (Lipinski definition) is 0. The second-order valence-electron chi connectivity index (χ2n) is 4.97. The minimum atomic E-state index is -3.31. The number of aromatic nitrogens is 1. The SMILES string of the molecule is CCc1nc(CN(Cc2ccc(OC)cc2)S(C)(=O)=O)cs1. The van der Waals surface area contributed by atoms with Gasteiger partial charge in [-0.25, -0.2) is 13.4 Å². The van der Waals surface area contributed by atoms with E-state index in [1.54, 1.807) is 18.4 Å². The van der Waals surface area contributed by atoms with Crippen LogP contribution in [0, 0.1) is 0 Å². The maximum atomic E-state index is 12.0. The molecule has 0 spiro atoms. The monoisotopic (exact) mass is 340 g/mol. The zero-order chi connectivity index (χ0) is 16.2. The number of benzene rings is 1. The predicted molar refractivity (Wildman–Crippen MR) is 88.6 cm³/mol. The van der Waals surface area contributed by atoms with Crippen LogP contribution in [0.5, 0.6) is 5.75 Å². The number of hydrogen-bond acceptors (Lipinski definition) is 5. The van der Waals surface area contributed by atoms with E-state index in [1.807, 2.05) is 36.6 Å². The molecule has 0 amide bonds. The molecule has 0 aliphatic heterocycles. The Kier molecular flexibility index (Phi) is 5.55. The number of thiazole rings is 1. The molecule has 0 atom stereocenters. The summed E-state index contributed by atoms with van der Waals surface area (Å²) in [6.07, 6.45) is 2.09. The summed E-state index contributed by atoms with van der Waals surface area (Å²) >= 11 is 1.56. The van der Waals surface area contributed by atoms with Gasteiger partial charge in [-0.1, -0.05) is 19.1 Å². The van der Waals surface area contributed by atoms with Gasteiger partial charge in [-0.2, -0.15) is 4.31 Å². The lowest BCUT2D eigenvalue weighted by molar-refractivity contribution is 0.399. The molecule has 120 valence electrons. The summed E-state index contributed by atoms with van der Waals surface area (Å²) in [5.41, 5.74) is 1.71. The van der Waals surface area contributed by atoms with Gasteiger partial charge in [0.15, 0.2) is 0 Å². The summed E-state index contributed by atoms with van der Waals surface area (Å²) in [7, 11) is -1.71. The smallest absolute Gasteiger partial charge is 0.211 e. The average molecular weight is 340 g/mol. The molecule has 7 heteroatoms. The quantitative estimate of drug-likeness (QED) is 0.777. The lowest BCUT2D eigenvalue weighted by Gasteiger charge is -2.19. The van der Waals surface area contributed by atoms with Crippen LogP contribution in [0.1, 0.15) is 23.2 Å². The molecule has 0 radical (unpaired) electrons. The van der Waals surface area contributed by atoms with Gasteiger partial charge < -0.3 is 4.74 Å². The number of sulfonamides is 1. The van der Waals surface area contributed by atoms with Gasteiger partial charge in [0.1, 0.15) is 5.75 Å². The fraction of sp³-hybridized carbons (Fsp3) is 0.400. The van der Waals surface area contributed by atoms with Crippen molar-refractivity contribution in [3.63, 3.8) is 0 Å². The van der Waals surface area contributed by atoms with Crippen LogP contribution >= 0.6 is 11.3 Å². The molecule has 0 bridgehead atoms. The van der Waals surface area contributed by atoms with Crippen molar-refractivity contribution in [1.82, 2.24) is 9.29 Å². The third kappa shape index (κ3) is 4.53.